The molecule has 0 aliphatic heterocycles. The van der Waals surface area contributed by atoms with Crippen molar-refractivity contribution in [2.75, 3.05) is 20.6 Å². The fourth-order valence-corrected chi connectivity index (χ4v) is 1.58. The Morgan fingerprint density at radius 2 is 1.71 bits per heavy atom. The average Bonchev–Trinajstić information content (AvgIpc) is 2.24. The molecule has 94 valence electrons. The Hall–Kier alpha value is -0.0926. The second-order valence-corrected chi connectivity index (χ2v) is 4.90. The van der Waals surface area contributed by atoms with Gasteiger partial charge in [-0.25, -0.2) is 18.6 Å². The number of nitrogens with zero attached hydrogens (tertiary/aromatic N) is 1. The van der Waals surface area contributed by atoms with E-state index in [-0.39, 0.29) is 18.9 Å². The van der Waals surface area contributed by atoms with E-state index in [1.54, 1.807) is 0 Å². The summed E-state index contributed by atoms with van der Waals surface area (Å²) in [6.07, 6.45) is 10.5. The summed E-state index contributed by atoms with van der Waals surface area (Å²) in [5.74, 6) is 0. The molecule has 0 bridgehead atoms. The van der Waals surface area contributed by atoms with E-state index in [0.717, 1.165) is 12.8 Å². The quantitative estimate of drug-likeness (QED) is 0.262. The number of rotatable bonds is 8. The molecule has 1 nitrogen and oxygen atoms in total. The van der Waals surface area contributed by atoms with Crippen molar-refractivity contribution in [2.24, 2.45) is 0 Å². The first kappa shape index (κ1) is 19.3. The second-order valence-electron chi connectivity index (χ2n) is 4.90. The molecule has 17 heavy (non-hydrogen) atoms. The van der Waals surface area contributed by atoms with E-state index >= 15 is 0 Å². The monoisotopic (exact) mass is 229 g/mol. The molecule has 0 atom stereocenters. The van der Waals surface area contributed by atoms with E-state index in [1.165, 1.54) is 37.0 Å². The fraction of sp³-hybridized carbons (Fsp3) is 0.667. The maximum atomic E-state index is 3.77. The minimum atomic E-state index is 0. The first-order valence-corrected chi connectivity index (χ1v) is 6.31. The predicted octanol–water partition coefficient (Wildman–Crippen LogP) is 1.23. The molecular weight excluding hydrogens is 201 g/mol. The number of hydrogen-bond acceptors (Lipinski definition) is 1. The number of allylic oxidation sites excluding steroid dienone is 4. The number of unbranched alkanes of at least 4 members (excludes halogenated alkanes) is 1. The van der Waals surface area contributed by atoms with Crippen molar-refractivity contribution in [3.05, 3.63) is 30.2 Å². The minimum Gasteiger partial charge on any atom is -0.309 e. The molecule has 0 amide bonds. The van der Waals surface area contributed by atoms with Crippen LogP contribution in [0.3, 0.4) is 0 Å². The molecule has 0 radical (unpaired) electrons. The van der Waals surface area contributed by atoms with Gasteiger partial charge in [0.25, 0.3) is 0 Å². The summed E-state index contributed by atoms with van der Waals surface area (Å²) in [5, 5.41) is 0. The van der Waals surface area contributed by atoms with Gasteiger partial charge in [0.15, 0.2) is 0 Å². The maximum absolute atomic E-state index is 3.77. The molecule has 0 aromatic carbocycles. The Labute approximate surface area is 121 Å². The van der Waals surface area contributed by atoms with Gasteiger partial charge in [-0.2, -0.15) is 0 Å². The van der Waals surface area contributed by atoms with Crippen molar-refractivity contribution in [3.8, 4) is 0 Å². The first-order valence-electron chi connectivity index (χ1n) is 6.31. The number of hydrogen-bond donors (Lipinski definition) is 0. The summed E-state index contributed by atoms with van der Waals surface area (Å²) in [4.78, 5) is 2.25. The van der Waals surface area contributed by atoms with Crippen molar-refractivity contribution in [2.45, 2.75) is 46.0 Å². The van der Waals surface area contributed by atoms with E-state index in [0.29, 0.717) is 0 Å². The SMILES string of the molecule is [CH2-]/C=C(\C)CC/C=C(\C)CCCCN(C)C.[Li+]. The third kappa shape index (κ3) is 13.8. The predicted molar refractivity (Wildman–Crippen MR) is 74.5 cm³/mol. The second kappa shape index (κ2) is 12.4. The minimum absolute atomic E-state index is 0. The van der Waals surface area contributed by atoms with Gasteiger partial charge >= 0.3 is 18.9 Å². The third-order valence-electron chi connectivity index (χ3n) is 2.81. The molecule has 0 aliphatic rings. The Kier molecular flexibility index (Phi) is 14.0. The van der Waals surface area contributed by atoms with Gasteiger partial charge in [0.2, 0.25) is 0 Å². The first-order chi connectivity index (χ1) is 7.56. The molecule has 0 unspecified atom stereocenters. The van der Waals surface area contributed by atoms with Crippen molar-refractivity contribution in [1.29, 1.82) is 0 Å². The molecule has 2 heteroatoms. The fourth-order valence-electron chi connectivity index (χ4n) is 1.58. The molecule has 0 spiro atoms. The summed E-state index contributed by atoms with van der Waals surface area (Å²) < 4.78 is 0. The van der Waals surface area contributed by atoms with Crippen LogP contribution in [0.25, 0.3) is 0 Å². The molecule has 0 aliphatic carbocycles. The van der Waals surface area contributed by atoms with Gasteiger partial charge in [-0.15, -0.1) is 6.92 Å². The largest absolute Gasteiger partial charge is 1.00 e. The van der Waals surface area contributed by atoms with Gasteiger partial charge in [-0.05, 0) is 53.2 Å². The summed E-state index contributed by atoms with van der Waals surface area (Å²) in [5.41, 5.74) is 2.92. The van der Waals surface area contributed by atoms with Crippen LogP contribution in [-0.4, -0.2) is 25.5 Å². The van der Waals surface area contributed by atoms with E-state index < -0.39 is 0 Å². The van der Waals surface area contributed by atoms with E-state index in [2.05, 4.69) is 45.8 Å². The summed E-state index contributed by atoms with van der Waals surface area (Å²) >= 11 is 0. The Morgan fingerprint density at radius 3 is 2.24 bits per heavy atom. The molecule has 0 rings (SSSR count). The van der Waals surface area contributed by atoms with Gasteiger partial charge < -0.3 is 4.90 Å². The Bertz CT molecular complexity index is 229. The molecule has 0 heterocycles. The zero-order chi connectivity index (χ0) is 12.4. The van der Waals surface area contributed by atoms with Gasteiger partial charge in [-0.1, -0.05) is 18.1 Å². The molecule has 0 aromatic rings. The van der Waals surface area contributed by atoms with Crippen molar-refractivity contribution in [1.82, 2.24) is 4.90 Å². The maximum Gasteiger partial charge on any atom is 1.00 e. The molecule has 0 aromatic heterocycles. The molecule has 0 N–H and O–H groups in total. The van der Waals surface area contributed by atoms with Crippen LogP contribution in [0.1, 0.15) is 46.0 Å². The van der Waals surface area contributed by atoms with Crippen LogP contribution >= 0.6 is 0 Å². The van der Waals surface area contributed by atoms with Crippen molar-refractivity contribution >= 4 is 0 Å². The van der Waals surface area contributed by atoms with Crippen LogP contribution in [0, 0.1) is 6.92 Å². The summed E-state index contributed by atoms with van der Waals surface area (Å²) in [6, 6.07) is 0. The standard InChI is InChI=1S/C15H28N.Li/c1-6-14(2)11-9-12-15(3)10-7-8-13-16(4)5;/h6,12H,1,7-11,13H2,2-5H3;/q-1;+1/b14-6+,15-12+;. The van der Waals surface area contributed by atoms with Crippen LogP contribution < -0.4 is 18.9 Å². The van der Waals surface area contributed by atoms with E-state index in [1.807, 2.05) is 6.08 Å². The molecule has 0 saturated heterocycles. The molecular formula is C15H28LiN. The van der Waals surface area contributed by atoms with E-state index in [9.17, 15) is 0 Å². The van der Waals surface area contributed by atoms with Gasteiger partial charge in [0.05, 0.1) is 0 Å². The van der Waals surface area contributed by atoms with Gasteiger partial charge in [-0.3, -0.25) is 0 Å². The molecule has 0 fully saturated rings. The topological polar surface area (TPSA) is 3.24 Å². The normalized spacial score (nSPS) is 12.8. The molecule has 0 saturated carbocycles. The third-order valence-corrected chi connectivity index (χ3v) is 2.81. The average molecular weight is 229 g/mol. The van der Waals surface area contributed by atoms with E-state index in [4.69, 9.17) is 0 Å². The summed E-state index contributed by atoms with van der Waals surface area (Å²) in [7, 11) is 4.27. The zero-order valence-corrected chi connectivity index (χ0v) is 12.6. The summed E-state index contributed by atoms with van der Waals surface area (Å²) in [6.45, 7) is 9.37. The van der Waals surface area contributed by atoms with Gasteiger partial charge in [0, 0.05) is 0 Å². The van der Waals surface area contributed by atoms with Crippen LogP contribution in [0.15, 0.2) is 23.3 Å². The van der Waals surface area contributed by atoms with Crippen molar-refractivity contribution < 1.29 is 18.9 Å². The Balaban J connectivity index is 0. The van der Waals surface area contributed by atoms with Crippen LogP contribution in [0.5, 0.6) is 0 Å². The zero-order valence-electron chi connectivity index (χ0n) is 12.6. The van der Waals surface area contributed by atoms with Crippen LogP contribution in [0.2, 0.25) is 0 Å². The van der Waals surface area contributed by atoms with Gasteiger partial charge in [0.1, 0.15) is 0 Å². The Morgan fingerprint density at radius 1 is 1.06 bits per heavy atom. The van der Waals surface area contributed by atoms with Crippen molar-refractivity contribution in [3.63, 3.8) is 0 Å². The van der Waals surface area contributed by atoms with Crippen LogP contribution in [0.4, 0.5) is 0 Å². The van der Waals surface area contributed by atoms with Crippen LogP contribution in [-0.2, 0) is 0 Å². The smallest absolute Gasteiger partial charge is 0.309 e.